The zero-order valence-corrected chi connectivity index (χ0v) is 22.1. The summed E-state index contributed by atoms with van der Waals surface area (Å²) in [7, 11) is 0. The summed E-state index contributed by atoms with van der Waals surface area (Å²) >= 11 is 2.18. The molecule has 0 aromatic heterocycles. The van der Waals surface area contributed by atoms with E-state index in [1.54, 1.807) is 25.1 Å². The molecular weight excluding hydrogens is 575 g/mol. The van der Waals surface area contributed by atoms with Gasteiger partial charge in [-0.3, -0.25) is 10.1 Å². The Morgan fingerprint density at radius 1 is 1.08 bits per heavy atom. The molecule has 0 spiro atoms. The van der Waals surface area contributed by atoms with Gasteiger partial charge in [0.05, 0.1) is 15.1 Å². The van der Waals surface area contributed by atoms with Crippen molar-refractivity contribution in [1.29, 1.82) is 0 Å². The van der Waals surface area contributed by atoms with Gasteiger partial charge in [0.2, 0.25) is 5.90 Å². The van der Waals surface area contributed by atoms with Gasteiger partial charge in [0.25, 0.3) is 5.69 Å². The van der Waals surface area contributed by atoms with Crippen molar-refractivity contribution in [2.24, 2.45) is 4.99 Å². The molecule has 184 valence electrons. The minimum absolute atomic E-state index is 0.0119. The molecule has 0 atom stereocenters. The van der Waals surface area contributed by atoms with E-state index in [9.17, 15) is 14.9 Å². The summed E-state index contributed by atoms with van der Waals surface area (Å²) in [6, 6.07) is 16.1. The second-order valence-electron chi connectivity index (χ2n) is 8.07. The summed E-state index contributed by atoms with van der Waals surface area (Å²) in [5.41, 5.74) is 3.96. The van der Waals surface area contributed by atoms with Crippen LogP contribution in [0, 0.1) is 27.5 Å². The second kappa shape index (κ2) is 10.9. The number of nitrogens with zero attached hydrogens (tertiary/aromatic N) is 2. The SMILES string of the molecule is CCOc1cc(/C=C2\N=C(c3ccc([N+](=O)[O-])c(C)c3)OC2=O)cc(I)c1OCc1ccccc1C. The van der Waals surface area contributed by atoms with Crippen molar-refractivity contribution < 1.29 is 23.9 Å². The molecule has 4 rings (SSSR count). The standard InChI is InChI=1S/C27H23IN2O6/c1-4-34-24-14-18(12-21(28)25(24)35-15-20-8-6-5-7-16(20)2)13-22-27(31)36-26(29-22)19-9-10-23(30(32)33)17(3)11-19/h5-14H,4,15H2,1-3H3/b22-13-. The third kappa shape index (κ3) is 5.56. The molecule has 0 saturated heterocycles. The number of esters is 1. The van der Waals surface area contributed by atoms with Gasteiger partial charge in [0, 0.05) is 17.2 Å². The number of hydrogen-bond donors (Lipinski definition) is 0. The highest BCUT2D eigenvalue weighted by molar-refractivity contribution is 14.1. The molecule has 0 unspecified atom stereocenters. The molecule has 0 bridgehead atoms. The molecule has 1 heterocycles. The van der Waals surface area contributed by atoms with Crippen LogP contribution in [0.15, 0.2) is 65.3 Å². The fourth-order valence-electron chi connectivity index (χ4n) is 3.68. The number of rotatable bonds is 8. The van der Waals surface area contributed by atoms with Crippen LogP contribution in [0.3, 0.4) is 0 Å². The van der Waals surface area contributed by atoms with Crippen molar-refractivity contribution >= 4 is 46.2 Å². The number of aliphatic imine (C=N–C) groups is 1. The molecule has 3 aromatic rings. The van der Waals surface area contributed by atoms with Crippen molar-refractivity contribution in [3.63, 3.8) is 0 Å². The molecule has 0 N–H and O–H groups in total. The van der Waals surface area contributed by atoms with Crippen LogP contribution < -0.4 is 9.47 Å². The average Bonchev–Trinajstić information content (AvgIpc) is 3.19. The number of nitro groups is 1. The Kier molecular flexibility index (Phi) is 7.68. The second-order valence-corrected chi connectivity index (χ2v) is 9.23. The highest BCUT2D eigenvalue weighted by Gasteiger charge is 2.26. The predicted molar refractivity (Wildman–Crippen MR) is 144 cm³/mol. The summed E-state index contributed by atoms with van der Waals surface area (Å²) in [4.78, 5) is 27.4. The summed E-state index contributed by atoms with van der Waals surface area (Å²) < 4.78 is 18.1. The van der Waals surface area contributed by atoms with E-state index in [1.807, 2.05) is 44.2 Å². The Morgan fingerprint density at radius 3 is 2.56 bits per heavy atom. The van der Waals surface area contributed by atoms with Crippen LogP contribution in [-0.4, -0.2) is 23.4 Å². The Morgan fingerprint density at radius 2 is 1.86 bits per heavy atom. The number of carbonyl (C=O) groups is 1. The molecule has 0 amide bonds. The number of halogens is 1. The fraction of sp³-hybridized carbons (Fsp3) is 0.185. The lowest BCUT2D eigenvalue weighted by molar-refractivity contribution is -0.385. The molecular formula is C27H23IN2O6. The summed E-state index contributed by atoms with van der Waals surface area (Å²) in [6.45, 7) is 6.39. The van der Waals surface area contributed by atoms with E-state index in [1.165, 1.54) is 12.1 Å². The number of carbonyl (C=O) groups excluding carboxylic acids is 1. The maximum Gasteiger partial charge on any atom is 0.363 e. The van der Waals surface area contributed by atoms with Gasteiger partial charge in [0.15, 0.2) is 17.2 Å². The summed E-state index contributed by atoms with van der Waals surface area (Å²) in [5.74, 6) is 0.685. The minimum atomic E-state index is -0.603. The molecule has 8 nitrogen and oxygen atoms in total. The zero-order chi connectivity index (χ0) is 25.8. The van der Waals surface area contributed by atoms with Crippen molar-refractivity contribution in [2.45, 2.75) is 27.4 Å². The van der Waals surface area contributed by atoms with Crippen molar-refractivity contribution in [3.05, 3.63) is 102 Å². The van der Waals surface area contributed by atoms with Crippen molar-refractivity contribution in [1.82, 2.24) is 0 Å². The van der Waals surface area contributed by atoms with Crippen LogP contribution in [0.5, 0.6) is 11.5 Å². The quantitative estimate of drug-likeness (QED) is 0.102. The topological polar surface area (TPSA) is 100 Å². The van der Waals surface area contributed by atoms with E-state index in [0.29, 0.717) is 41.4 Å². The molecule has 0 saturated carbocycles. The van der Waals surface area contributed by atoms with Gasteiger partial charge in [-0.2, -0.15) is 0 Å². The van der Waals surface area contributed by atoms with Gasteiger partial charge < -0.3 is 14.2 Å². The third-order valence-electron chi connectivity index (χ3n) is 5.53. The molecule has 0 aliphatic carbocycles. The maximum absolute atomic E-state index is 12.5. The van der Waals surface area contributed by atoms with Crippen LogP contribution in [0.2, 0.25) is 0 Å². The largest absolute Gasteiger partial charge is 0.490 e. The Labute approximate surface area is 221 Å². The molecule has 9 heteroatoms. The van der Waals surface area contributed by atoms with E-state index in [2.05, 4.69) is 27.6 Å². The molecule has 1 aliphatic rings. The number of ether oxygens (including phenoxy) is 3. The number of nitro benzene ring substituents is 1. The Balaban J connectivity index is 1.62. The van der Waals surface area contributed by atoms with Crippen molar-refractivity contribution in [3.8, 4) is 11.5 Å². The van der Waals surface area contributed by atoms with Crippen LogP contribution in [0.1, 0.15) is 34.7 Å². The Bertz CT molecular complexity index is 1410. The van der Waals surface area contributed by atoms with Crippen LogP contribution in [-0.2, 0) is 16.1 Å². The number of cyclic esters (lactones) is 1. The molecule has 36 heavy (non-hydrogen) atoms. The van der Waals surface area contributed by atoms with Crippen molar-refractivity contribution in [2.75, 3.05) is 6.61 Å². The van der Waals surface area contributed by atoms with E-state index >= 15 is 0 Å². The first-order valence-corrected chi connectivity index (χ1v) is 12.3. The normalized spacial score (nSPS) is 13.9. The lowest BCUT2D eigenvalue weighted by Gasteiger charge is -2.15. The lowest BCUT2D eigenvalue weighted by atomic mass is 10.1. The van der Waals surface area contributed by atoms with Gasteiger partial charge in [-0.05, 0) is 90.4 Å². The van der Waals surface area contributed by atoms with Gasteiger partial charge in [-0.15, -0.1) is 0 Å². The van der Waals surface area contributed by atoms with Gasteiger partial charge in [0.1, 0.15) is 6.61 Å². The lowest BCUT2D eigenvalue weighted by Crippen LogP contribution is -2.06. The molecule has 1 aliphatic heterocycles. The van der Waals surface area contributed by atoms with Crippen LogP contribution >= 0.6 is 22.6 Å². The fourth-order valence-corrected chi connectivity index (χ4v) is 4.46. The van der Waals surface area contributed by atoms with E-state index in [4.69, 9.17) is 14.2 Å². The van der Waals surface area contributed by atoms with Crippen LogP contribution in [0.25, 0.3) is 6.08 Å². The van der Waals surface area contributed by atoms with Gasteiger partial charge in [-0.1, -0.05) is 24.3 Å². The van der Waals surface area contributed by atoms with E-state index in [0.717, 1.165) is 14.7 Å². The van der Waals surface area contributed by atoms with E-state index < -0.39 is 10.9 Å². The van der Waals surface area contributed by atoms with Crippen LogP contribution in [0.4, 0.5) is 5.69 Å². The first-order valence-electron chi connectivity index (χ1n) is 11.2. The summed E-state index contributed by atoms with van der Waals surface area (Å²) in [5, 5.41) is 11.1. The number of hydrogen-bond acceptors (Lipinski definition) is 7. The highest BCUT2D eigenvalue weighted by atomic mass is 127. The predicted octanol–water partition coefficient (Wildman–Crippen LogP) is 6.14. The summed E-state index contributed by atoms with van der Waals surface area (Å²) in [6.07, 6.45) is 1.61. The number of benzene rings is 3. The van der Waals surface area contributed by atoms with E-state index in [-0.39, 0.29) is 17.3 Å². The third-order valence-corrected chi connectivity index (χ3v) is 6.33. The minimum Gasteiger partial charge on any atom is -0.490 e. The smallest absolute Gasteiger partial charge is 0.363 e. The number of aryl methyl sites for hydroxylation is 2. The highest BCUT2D eigenvalue weighted by Crippen LogP contribution is 2.36. The molecule has 3 aromatic carbocycles. The van der Waals surface area contributed by atoms with Gasteiger partial charge >= 0.3 is 5.97 Å². The monoisotopic (exact) mass is 598 g/mol. The first-order chi connectivity index (χ1) is 17.3. The molecule has 0 fully saturated rings. The zero-order valence-electron chi connectivity index (χ0n) is 19.9. The van der Waals surface area contributed by atoms with Gasteiger partial charge in [-0.25, -0.2) is 9.79 Å². The first kappa shape index (κ1) is 25.4. The maximum atomic E-state index is 12.5. The Hall–Kier alpha value is -3.73. The average molecular weight is 598 g/mol. The molecule has 0 radical (unpaired) electrons.